The molecule has 4 nitrogen and oxygen atoms in total. The van der Waals surface area contributed by atoms with Crippen molar-refractivity contribution in [2.45, 2.75) is 25.4 Å². The number of nitrogens with zero attached hydrogens (tertiary/aromatic N) is 2. The summed E-state index contributed by atoms with van der Waals surface area (Å²) in [6, 6.07) is 8.32. The van der Waals surface area contributed by atoms with Crippen molar-refractivity contribution in [1.29, 1.82) is 0 Å². The summed E-state index contributed by atoms with van der Waals surface area (Å²) in [7, 11) is 0. The van der Waals surface area contributed by atoms with Crippen LogP contribution < -0.4 is 10.1 Å². The molecule has 1 aliphatic carbocycles. The number of rotatable bonds is 5. The first-order valence-electron chi connectivity index (χ1n) is 6.27. The number of ether oxygens (including phenoxy) is 1. The van der Waals surface area contributed by atoms with Crippen LogP contribution in [0.2, 0.25) is 0 Å². The molecule has 0 bridgehead atoms. The molecule has 0 aliphatic heterocycles. The predicted octanol–water partition coefficient (Wildman–Crippen LogP) is 3.28. The molecule has 0 atom stereocenters. The first-order valence-corrected chi connectivity index (χ1v) is 7.06. The van der Waals surface area contributed by atoms with Crippen LogP contribution in [0.5, 0.6) is 11.6 Å². The zero-order valence-electron chi connectivity index (χ0n) is 10.3. The minimum Gasteiger partial charge on any atom is -0.437 e. The Morgan fingerprint density at radius 3 is 2.84 bits per heavy atom. The van der Waals surface area contributed by atoms with Gasteiger partial charge in [-0.25, -0.2) is 4.98 Å². The van der Waals surface area contributed by atoms with Gasteiger partial charge in [-0.3, -0.25) is 4.98 Å². The molecule has 5 heteroatoms. The van der Waals surface area contributed by atoms with Crippen LogP contribution in [-0.2, 0) is 6.54 Å². The molecule has 0 unspecified atom stereocenters. The van der Waals surface area contributed by atoms with E-state index in [9.17, 15) is 0 Å². The zero-order chi connectivity index (χ0) is 13.1. The number of benzene rings is 1. The Morgan fingerprint density at radius 1 is 1.26 bits per heavy atom. The van der Waals surface area contributed by atoms with E-state index in [0.717, 1.165) is 22.5 Å². The number of hydrogen-bond acceptors (Lipinski definition) is 4. The Bertz CT molecular complexity index is 555. The molecular weight excluding hydrogens is 306 g/mol. The summed E-state index contributed by atoms with van der Waals surface area (Å²) >= 11 is 3.40. The molecular formula is C14H14BrN3O. The number of hydrogen-bond donors (Lipinski definition) is 1. The molecule has 1 fully saturated rings. The van der Waals surface area contributed by atoms with Crippen LogP contribution in [0.1, 0.15) is 18.5 Å². The molecule has 1 aromatic heterocycles. The van der Waals surface area contributed by atoms with Crippen molar-refractivity contribution < 1.29 is 4.74 Å². The SMILES string of the molecule is Brc1cccc(Oc2cnc(CNC3CC3)cn2)c1. The van der Waals surface area contributed by atoms with Crippen molar-refractivity contribution in [2.24, 2.45) is 0 Å². The van der Waals surface area contributed by atoms with E-state index in [-0.39, 0.29) is 0 Å². The minimum atomic E-state index is 0.508. The van der Waals surface area contributed by atoms with Crippen molar-refractivity contribution in [2.75, 3.05) is 0 Å². The summed E-state index contributed by atoms with van der Waals surface area (Å²) in [5, 5.41) is 3.40. The van der Waals surface area contributed by atoms with Crippen molar-refractivity contribution in [3.05, 3.63) is 46.8 Å². The highest BCUT2D eigenvalue weighted by Gasteiger charge is 2.20. The maximum atomic E-state index is 5.63. The number of aromatic nitrogens is 2. The molecule has 0 amide bonds. The van der Waals surface area contributed by atoms with Gasteiger partial charge in [-0.2, -0.15) is 0 Å². The predicted molar refractivity (Wildman–Crippen MR) is 76.1 cm³/mol. The number of halogens is 1. The molecule has 1 N–H and O–H groups in total. The zero-order valence-corrected chi connectivity index (χ0v) is 11.9. The summed E-state index contributed by atoms with van der Waals surface area (Å²) in [5.41, 5.74) is 0.938. The third-order valence-corrected chi connectivity index (χ3v) is 3.34. The van der Waals surface area contributed by atoms with E-state index in [1.165, 1.54) is 12.8 Å². The van der Waals surface area contributed by atoms with Gasteiger partial charge in [0.2, 0.25) is 5.88 Å². The van der Waals surface area contributed by atoms with Crippen molar-refractivity contribution >= 4 is 15.9 Å². The minimum absolute atomic E-state index is 0.508. The summed E-state index contributed by atoms with van der Waals surface area (Å²) in [6.45, 7) is 0.773. The van der Waals surface area contributed by atoms with Gasteiger partial charge in [0, 0.05) is 17.1 Å². The fourth-order valence-corrected chi connectivity index (χ4v) is 2.05. The second-order valence-corrected chi connectivity index (χ2v) is 5.48. The third kappa shape index (κ3) is 3.75. The molecule has 1 aromatic carbocycles. The van der Waals surface area contributed by atoms with Crippen LogP contribution >= 0.6 is 15.9 Å². The topological polar surface area (TPSA) is 47.0 Å². The molecule has 98 valence electrons. The molecule has 19 heavy (non-hydrogen) atoms. The lowest BCUT2D eigenvalue weighted by Gasteiger charge is -2.06. The summed E-state index contributed by atoms with van der Waals surface area (Å²) in [5.74, 6) is 1.25. The second-order valence-electron chi connectivity index (χ2n) is 4.56. The van der Waals surface area contributed by atoms with Crippen molar-refractivity contribution in [3.63, 3.8) is 0 Å². The van der Waals surface area contributed by atoms with E-state index in [4.69, 9.17) is 4.74 Å². The molecule has 1 heterocycles. The van der Waals surface area contributed by atoms with Crippen LogP contribution in [0.25, 0.3) is 0 Å². The summed E-state index contributed by atoms with van der Waals surface area (Å²) in [4.78, 5) is 8.60. The van der Waals surface area contributed by atoms with Crippen LogP contribution in [0.3, 0.4) is 0 Å². The van der Waals surface area contributed by atoms with Gasteiger partial charge in [0.05, 0.1) is 18.1 Å². The van der Waals surface area contributed by atoms with E-state index < -0.39 is 0 Å². The molecule has 1 aliphatic rings. The lowest BCUT2D eigenvalue weighted by Crippen LogP contribution is -2.16. The van der Waals surface area contributed by atoms with Gasteiger partial charge >= 0.3 is 0 Å². The smallest absolute Gasteiger partial charge is 0.237 e. The molecule has 0 saturated heterocycles. The normalized spacial score (nSPS) is 14.4. The average Bonchev–Trinajstić information content (AvgIpc) is 3.22. The summed E-state index contributed by atoms with van der Waals surface area (Å²) in [6.07, 6.45) is 5.96. The average molecular weight is 320 g/mol. The van der Waals surface area contributed by atoms with Gasteiger partial charge in [-0.1, -0.05) is 22.0 Å². The lowest BCUT2D eigenvalue weighted by atomic mass is 10.3. The van der Waals surface area contributed by atoms with Gasteiger partial charge in [0.15, 0.2) is 0 Å². The Morgan fingerprint density at radius 2 is 2.16 bits per heavy atom. The van der Waals surface area contributed by atoms with Crippen LogP contribution in [0.15, 0.2) is 41.1 Å². The Hall–Kier alpha value is -1.46. The van der Waals surface area contributed by atoms with Crippen LogP contribution in [0.4, 0.5) is 0 Å². The Kier molecular flexibility index (Phi) is 3.75. The van der Waals surface area contributed by atoms with E-state index >= 15 is 0 Å². The summed E-state index contributed by atoms with van der Waals surface area (Å²) < 4.78 is 6.60. The van der Waals surface area contributed by atoms with Gasteiger partial charge in [0.1, 0.15) is 5.75 Å². The fourth-order valence-electron chi connectivity index (χ4n) is 1.67. The maximum Gasteiger partial charge on any atom is 0.237 e. The van der Waals surface area contributed by atoms with Crippen molar-refractivity contribution in [3.8, 4) is 11.6 Å². The first-order chi connectivity index (χ1) is 9.29. The van der Waals surface area contributed by atoms with Gasteiger partial charge < -0.3 is 10.1 Å². The monoisotopic (exact) mass is 319 g/mol. The van der Waals surface area contributed by atoms with E-state index in [0.29, 0.717) is 11.9 Å². The highest BCUT2D eigenvalue weighted by molar-refractivity contribution is 9.10. The van der Waals surface area contributed by atoms with Gasteiger partial charge in [-0.15, -0.1) is 0 Å². The largest absolute Gasteiger partial charge is 0.437 e. The molecule has 0 spiro atoms. The maximum absolute atomic E-state index is 5.63. The van der Waals surface area contributed by atoms with Crippen molar-refractivity contribution in [1.82, 2.24) is 15.3 Å². The lowest BCUT2D eigenvalue weighted by molar-refractivity contribution is 0.458. The molecule has 3 rings (SSSR count). The van der Waals surface area contributed by atoms with Crippen LogP contribution in [-0.4, -0.2) is 16.0 Å². The fraction of sp³-hybridized carbons (Fsp3) is 0.286. The quantitative estimate of drug-likeness (QED) is 0.918. The highest BCUT2D eigenvalue weighted by atomic mass is 79.9. The molecule has 2 aromatic rings. The van der Waals surface area contributed by atoms with Crippen LogP contribution in [0, 0.1) is 0 Å². The molecule has 1 saturated carbocycles. The van der Waals surface area contributed by atoms with E-state index in [1.54, 1.807) is 12.4 Å². The standard InChI is InChI=1S/C14H14BrN3O/c15-10-2-1-3-13(6-10)19-14-9-17-12(8-18-14)7-16-11-4-5-11/h1-3,6,8-9,11,16H,4-5,7H2. The Labute approximate surface area is 120 Å². The highest BCUT2D eigenvalue weighted by Crippen LogP contribution is 2.22. The van der Waals surface area contributed by atoms with Gasteiger partial charge in [0.25, 0.3) is 0 Å². The number of nitrogens with one attached hydrogen (secondary N) is 1. The van der Waals surface area contributed by atoms with E-state index in [2.05, 4.69) is 31.2 Å². The Balaban J connectivity index is 1.61. The third-order valence-electron chi connectivity index (χ3n) is 2.85. The van der Waals surface area contributed by atoms with E-state index in [1.807, 2.05) is 24.3 Å². The molecule has 0 radical (unpaired) electrons. The first kappa shape index (κ1) is 12.6. The van der Waals surface area contributed by atoms with Gasteiger partial charge in [-0.05, 0) is 31.0 Å². The second kappa shape index (κ2) is 5.67.